The van der Waals surface area contributed by atoms with E-state index in [1.165, 1.54) is 0 Å². The van der Waals surface area contributed by atoms with Gasteiger partial charge in [0, 0.05) is 0 Å². The zero-order valence-electron chi connectivity index (χ0n) is 18.5. The SMILES string of the molecule is O=C(Cn1c[n+](Cc2ccccc2)c2ccccc21)N[C@@H](CO)C(=O)OCc1ccccc1.[Cl-]. The number of amides is 1. The summed E-state index contributed by atoms with van der Waals surface area (Å²) in [4.78, 5) is 25.1. The van der Waals surface area contributed by atoms with Crippen molar-refractivity contribution in [3.05, 3.63) is 102 Å². The Balaban J connectivity index is 0.00000324. The summed E-state index contributed by atoms with van der Waals surface area (Å²) in [6.45, 7) is 0.208. The van der Waals surface area contributed by atoms with Crippen LogP contribution in [0, 0.1) is 0 Å². The van der Waals surface area contributed by atoms with Gasteiger partial charge in [0.25, 0.3) is 5.91 Å². The number of aliphatic hydroxyl groups is 1. The van der Waals surface area contributed by atoms with Gasteiger partial charge in [-0.05, 0) is 23.3 Å². The number of imidazole rings is 1. The van der Waals surface area contributed by atoms with E-state index in [-0.39, 0.29) is 25.6 Å². The second-order valence-electron chi connectivity index (χ2n) is 7.74. The Kier molecular flexibility index (Phi) is 8.79. The molecule has 1 heterocycles. The fraction of sp³-hybridized carbons (Fsp3) is 0.192. The van der Waals surface area contributed by atoms with Gasteiger partial charge in [-0.1, -0.05) is 72.8 Å². The van der Waals surface area contributed by atoms with Crippen molar-refractivity contribution in [3.8, 4) is 0 Å². The largest absolute Gasteiger partial charge is 1.00 e. The monoisotopic (exact) mass is 479 g/mol. The molecule has 0 radical (unpaired) electrons. The molecule has 2 N–H and O–H groups in total. The summed E-state index contributed by atoms with van der Waals surface area (Å²) >= 11 is 0. The zero-order chi connectivity index (χ0) is 23.0. The standard InChI is InChI=1S/C26H25N3O4.ClH/c30-17-22(26(32)33-18-21-11-5-2-6-12-21)27-25(31)16-29-19-28(15-20-9-3-1-4-10-20)23-13-7-8-14-24(23)29;/h1-14,19,22,30H,15-18H2;1H/t22-;/m0./s1. The molecule has 34 heavy (non-hydrogen) atoms. The Labute approximate surface area is 204 Å². The van der Waals surface area contributed by atoms with Gasteiger partial charge in [0.05, 0.1) is 6.61 Å². The number of hydrogen-bond donors (Lipinski definition) is 2. The number of esters is 1. The van der Waals surface area contributed by atoms with Crippen LogP contribution in [0.15, 0.2) is 91.3 Å². The van der Waals surface area contributed by atoms with E-state index in [1.807, 2.05) is 83.7 Å². The molecule has 0 saturated carbocycles. The van der Waals surface area contributed by atoms with Crippen molar-refractivity contribution in [2.45, 2.75) is 25.7 Å². The summed E-state index contributed by atoms with van der Waals surface area (Å²) in [5, 5.41) is 12.2. The van der Waals surface area contributed by atoms with Crippen LogP contribution in [-0.4, -0.2) is 34.2 Å². The van der Waals surface area contributed by atoms with E-state index in [9.17, 15) is 14.7 Å². The first-order valence-corrected chi connectivity index (χ1v) is 10.8. The van der Waals surface area contributed by atoms with Crippen molar-refractivity contribution in [1.29, 1.82) is 0 Å². The number of nitrogens with one attached hydrogen (secondary N) is 1. The molecular weight excluding hydrogens is 454 g/mol. The summed E-state index contributed by atoms with van der Waals surface area (Å²) < 4.78 is 9.16. The Morgan fingerprint density at radius 3 is 2.21 bits per heavy atom. The minimum absolute atomic E-state index is 0. The van der Waals surface area contributed by atoms with Gasteiger partial charge in [-0.25, -0.2) is 13.9 Å². The number of rotatable bonds is 9. The lowest BCUT2D eigenvalue weighted by atomic mass is 10.2. The van der Waals surface area contributed by atoms with Gasteiger partial charge in [0.2, 0.25) is 6.33 Å². The second kappa shape index (κ2) is 12.0. The van der Waals surface area contributed by atoms with Gasteiger partial charge >= 0.3 is 5.97 Å². The second-order valence-corrected chi connectivity index (χ2v) is 7.74. The van der Waals surface area contributed by atoms with Crippen LogP contribution in [0.1, 0.15) is 11.1 Å². The molecule has 0 aliphatic carbocycles. The molecular formula is C26H26ClN3O4. The Morgan fingerprint density at radius 1 is 0.912 bits per heavy atom. The highest BCUT2D eigenvalue weighted by Crippen LogP contribution is 2.12. The summed E-state index contributed by atoms with van der Waals surface area (Å²) in [6, 6.07) is 26.0. The highest BCUT2D eigenvalue weighted by molar-refractivity contribution is 5.85. The van der Waals surface area contributed by atoms with Gasteiger partial charge < -0.3 is 27.6 Å². The molecule has 8 heteroatoms. The lowest BCUT2D eigenvalue weighted by molar-refractivity contribution is -0.663. The molecule has 0 unspecified atom stereocenters. The van der Waals surface area contributed by atoms with E-state index in [4.69, 9.17) is 4.74 Å². The molecule has 1 aromatic heterocycles. The normalized spacial score (nSPS) is 11.4. The fourth-order valence-electron chi connectivity index (χ4n) is 3.68. The maximum atomic E-state index is 12.7. The van der Waals surface area contributed by atoms with Crippen molar-refractivity contribution >= 4 is 22.9 Å². The Morgan fingerprint density at radius 2 is 1.53 bits per heavy atom. The van der Waals surface area contributed by atoms with E-state index >= 15 is 0 Å². The average molecular weight is 480 g/mol. The van der Waals surface area contributed by atoms with Crippen molar-refractivity contribution in [2.75, 3.05) is 6.61 Å². The minimum atomic E-state index is -1.13. The molecule has 1 atom stereocenters. The number of fused-ring (bicyclic) bond motifs is 1. The molecule has 0 aliphatic rings. The van der Waals surface area contributed by atoms with E-state index < -0.39 is 24.5 Å². The van der Waals surface area contributed by atoms with Crippen LogP contribution in [0.4, 0.5) is 0 Å². The first-order valence-electron chi connectivity index (χ1n) is 10.8. The van der Waals surface area contributed by atoms with Gasteiger partial charge in [-0.3, -0.25) is 4.79 Å². The molecule has 3 aromatic carbocycles. The number of carbonyl (C=O) groups is 2. The third-order valence-corrected chi connectivity index (χ3v) is 5.32. The number of benzene rings is 3. The van der Waals surface area contributed by atoms with Crippen LogP contribution in [0.2, 0.25) is 0 Å². The number of hydrogen-bond acceptors (Lipinski definition) is 4. The van der Waals surface area contributed by atoms with Crippen molar-refractivity contribution in [2.24, 2.45) is 0 Å². The number of nitrogens with zero attached hydrogens (tertiary/aromatic N) is 2. The highest BCUT2D eigenvalue weighted by Gasteiger charge is 2.24. The third kappa shape index (κ3) is 6.21. The summed E-state index contributed by atoms with van der Waals surface area (Å²) in [5.74, 6) is -1.07. The topological polar surface area (TPSA) is 84.4 Å². The van der Waals surface area contributed by atoms with Gasteiger partial charge in [-0.2, -0.15) is 0 Å². The first kappa shape index (κ1) is 25.0. The van der Waals surface area contributed by atoms with Crippen LogP contribution >= 0.6 is 0 Å². The van der Waals surface area contributed by atoms with Gasteiger partial charge in [-0.15, -0.1) is 0 Å². The highest BCUT2D eigenvalue weighted by atomic mass is 35.5. The lowest BCUT2D eigenvalue weighted by Crippen LogP contribution is -3.00. The van der Waals surface area contributed by atoms with Crippen molar-refractivity contribution in [3.63, 3.8) is 0 Å². The van der Waals surface area contributed by atoms with Crippen LogP contribution in [-0.2, 0) is 34.0 Å². The Hall–Kier alpha value is -3.68. The quantitative estimate of drug-likeness (QED) is 0.243. The van der Waals surface area contributed by atoms with E-state index in [0.717, 1.165) is 22.2 Å². The smallest absolute Gasteiger partial charge is 0.331 e. The van der Waals surface area contributed by atoms with E-state index in [2.05, 4.69) is 22.0 Å². The molecule has 4 rings (SSSR count). The van der Waals surface area contributed by atoms with Crippen molar-refractivity contribution in [1.82, 2.24) is 9.88 Å². The maximum absolute atomic E-state index is 12.7. The first-order chi connectivity index (χ1) is 16.1. The van der Waals surface area contributed by atoms with Crippen molar-refractivity contribution < 1.29 is 36.4 Å². The predicted octanol–water partition coefficient (Wildman–Crippen LogP) is -0.798. The molecule has 0 spiro atoms. The molecule has 4 aromatic rings. The van der Waals surface area contributed by atoms with E-state index in [0.29, 0.717) is 6.54 Å². The van der Waals surface area contributed by atoms with Crippen LogP contribution in [0.3, 0.4) is 0 Å². The molecule has 1 amide bonds. The number of para-hydroxylation sites is 2. The molecule has 176 valence electrons. The Bertz CT molecular complexity index is 1230. The number of halogens is 1. The number of aliphatic hydroxyl groups excluding tert-OH is 1. The number of carbonyl (C=O) groups excluding carboxylic acids is 2. The fourth-order valence-corrected chi connectivity index (χ4v) is 3.68. The molecule has 0 fully saturated rings. The minimum Gasteiger partial charge on any atom is -1.00 e. The maximum Gasteiger partial charge on any atom is 0.331 e. The summed E-state index contributed by atoms with van der Waals surface area (Å²) in [6.07, 6.45) is 1.89. The van der Waals surface area contributed by atoms with Gasteiger partial charge in [0.1, 0.15) is 13.2 Å². The average Bonchev–Trinajstić information content (AvgIpc) is 3.19. The number of aromatic nitrogens is 2. The van der Waals surface area contributed by atoms with Crippen LogP contribution in [0.5, 0.6) is 0 Å². The molecule has 7 nitrogen and oxygen atoms in total. The van der Waals surface area contributed by atoms with E-state index in [1.54, 1.807) is 0 Å². The summed E-state index contributed by atoms with van der Waals surface area (Å²) in [5.41, 5.74) is 3.87. The summed E-state index contributed by atoms with van der Waals surface area (Å²) in [7, 11) is 0. The predicted molar refractivity (Wildman–Crippen MR) is 123 cm³/mol. The molecule has 0 aliphatic heterocycles. The van der Waals surface area contributed by atoms with Gasteiger partial charge in [0.15, 0.2) is 23.6 Å². The lowest BCUT2D eigenvalue weighted by Gasteiger charge is -2.15. The van der Waals surface area contributed by atoms with Crippen LogP contribution in [0.25, 0.3) is 11.0 Å². The number of ether oxygens (including phenoxy) is 1. The molecule has 0 bridgehead atoms. The zero-order valence-corrected chi connectivity index (χ0v) is 19.3. The van der Waals surface area contributed by atoms with Crippen LogP contribution < -0.4 is 22.3 Å². The third-order valence-electron chi connectivity index (χ3n) is 5.32. The molecule has 0 saturated heterocycles.